The van der Waals surface area contributed by atoms with E-state index in [0.717, 1.165) is 10.2 Å². The summed E-state index contributed by atoms with van der Waals surface area (Å²) >= 11 is 4.54. The van der Waals surface area contributed by atoms with Gasteiger partial charge in [0.15, 0.2) is 5.71 Å². The lowest BCUT2D eigenvalue weighted by Crippen LogP contribution is -2.08. The monoisotopic (exact) mass is 322 g/mol. The minimum atomic E-state index is -0.235. The molecule has 18 heavy (non-hydrogen) atoms. The predicted molar refractivity (Wildman–Crippen MR) is 75.7 cm³/mol. The average Bonchev–Trinajstić information content (AvgIpc) is 2.79. The minimum Gasteiger partial charge on any atom is -0.277 e. The first-order chi connectivity index (χ1) is 8.69. The van der Waals surface area contributed by atoms with Crippen LogP contribution in [0.25, 0.3) is 0 Å². The van der Waals surface area contributed by atoms with Crippen molar-refractivity contribution in [2.45, 2.75) is 0 Å². The molecule has 0 saturated carbocycles. The quantitative estimate of drug-likeness (QED) is 0.684. The van der Waals surface area contributed by atoms with Crippen LogP contribution in [0, 0.1) is 11.3 Å². The average molecular weight is 323 g/mol. The van der Waals surface area contributed by atoms with Crippen LogP contribution in [0.2, 0.25) is 0 Å². The fraction of sp³-hybridized carbons (Fsp3) is 0.0909. The van der Waals surface area contributed by atoms with Crippen molar-refractivity contribution in [3.8, 4) is 6.07 Å². The molecule has 5 nitrogen and oxygen atoms in total. The van der Waals surface area contributed by atoms with Gasteiger partial charge in [-0.2, -0.15) is 10.4 Å². The summed E-state index contributed by atoms with van der Waals surface area (Å²) in [6.45, 7) is 0. The van der Waals surface area contributed by atoms with E-state index >= 15 is 0 Å². The molecule has 1 aliphatic rings. The Morgan fingerprint density at radius 1 is 1.50 bits per heavy atom. The summed E-state index contributed by atoms with van der Waals surface area (Å²) in [5.41, 5.74) is 3.62. The number of hydrogen-bond acceptors (Lipinski definition) is 5. The van der Waals surface area contributed by atoms with E-state index in [4.69, 9.17) is 5.26 Å². The number of halogens is 1. The maximum Gasteiger partial charge on any atom is 0.257 e. The highest BCUT2D eigenvalue weighted by Gasteiger charge is 2.19. The van der Waals surface area contributed by atoms with Gasteiger partial charge in [-0.3, -0.25) is 10.2 Å². The van der Waals surface area contributed by atoms with Crippen LogP contribution in [0.3, 0.4) is 0 Å². The van der Waals surface area contributed by atoms with E-state index < -0.39 is 0 Å². The Balaban J connectivity index is 2.12. The summed E-state index contributed by atoms with van der Waals surface area (Å²) < 4.78 is 0.957. The van der Waals surface area contributed by atoms with Crippen molar-refractivity contribution in [1.82, 2.24) is 0 Å². The Morgan fingerprint density at radius 3 is 2.78 bits per heavy atom. The summed E-state index contributed by atoms with van der Waals surface area (Å²) in [5.74, 6) is 0.0375. The molecule has 1 aliphatic heterocycles. The number of nitrogens with zero attached hydrogens (tertiary/aromatic N) is 3. The number of nitrogens with one attached hydrogen (secondary N) is 1. The predicted octanol–water partition coefficient (Wildman–Crippen LogP) is 2.41. The van der Waals surface area contributed by atoms with Crippen molar-refractivity contribution in [3.63, 3.8) is 0 Å². The number of thioether (sulfide) groups is 1. The highest BCUT2D eigenvalue weighted by Crippen LogP contribution is 2.16. The Kier molecular flexibility index (Phi) is 4.12. The number of carbonyl (C=O) groups is 1. The number of hydrazone groups is 1. The molecule has 0 bridgehead atoms. The van der Waals surface area contributed by atoms with Gasteiger partial charge in [-0.25, -0.2) is 4.99 Å². The summed E-state index contributed by atoms with van der Waals surface area (Å²) in [5, 5.41) is 13.3. The smallest absolute Gasteiger partial charge is 0.257 e. The van der Waals surface area contributed by atoms with E-state index in [2.05, 4.69) is 31.4 Å². The van der Waals surface area contributed by atoms with Crippen LogP contribution in [0.5, 0.6) is 0 Å². The molecule has 0 spiro atoms. The normalized spacial score (nSPS) is 15.2. The largest absolute Gasteiger partial charge is 0.277 e. The van der Waals surface area contributed by atoms with E-state index in [1.807, 2.05) is 30.3 Å². The van der Waals surface area contributed by atoms with Crippen molar-refractivity contribution in [1.29, 1.82) is 5.26 Å². The van der Waals surface area contributed by atoms with Crippen molar-refractivity contribution in [2.24, 2.45) is 10.1 Å². The summed E-state index contributed by atoms with van der Waals surface area (Å²) in [6, 6.07) is 9.27. The van der Waals surface area contributed by atoms with Crippen molar-refractivity contribution < 1.29 is 4.79 Å². The molecule has 0 radical (unpaired) electrons. The van der Waals surface area contributed by atoms with Crippen LogP contribution in [0.4, 0.5) is 5.69 Å². The summed E-state index contributed by atoms with van der Waals surface area (Å²) in [7, 11) is 0. The highest BCUT2D eigenvalue weighted by molar-refractivity contribution is 9.10. The molecule has 0 saturated heterocycles. The fourth-order valence-corrected chi connectivity index (χ4v) is 2.18. The second kappa shape index (κ2) is 5.80. The van der Waals surface area contributed by atoms with E-state index in [0.29, 0.717) is 5.04 Å². The SMILES string of the molecule is N#C/C(=N/Nc1ccc(Br)cc1)C1=NC(=O)CS1. The molecule has 0 aromatic heterocycles. The molecule has 1 aromatic carbocycles. The zero-order chi connectivity index (χ0) is 13.0. The molecule has 1 amide bonds. The minimum absolute atomic E-state index is 0.119. The molecule has 0 atom stereocenters. The van der Waals surface area contributed by atoms with Crippen molar-refractivity contribution in [2.75, 3.05) is 11.2 Å². The van der Waals surface area contributed by atoms with Gasteiger partial charge in [0.05, 0.1) is 11.4 Å². The van der Waals surface area contributed by atoms with Gasteiger partial charge in [-0.1, -0.05) is 27.7 Å². The fourth-order valence-electron chi connectivity index (χ4n) is 1.19. The van der Waals surface area contributed by atoms with E-state index in [9.17, 15) is 4.79 Å². The molecular formula is C11H7BrN4OS. The first kappa shape index (κ1) is 12.8. The maximum absolute atomic E-state index is 11.0. The van der Waals surface area contributed by atoms with Gasteiger partial charge in [0.25, 0.3) is 5.91 Å². The third-order valence-electron chi connectivity index (χ3n) is 2.01. The number of amides is 1. The summed E-state index contributed by atoms with van der Waals surface area (Å²) in [6.07, 6.45) is 0. The molecule has 0 unspecified atom stereocenters. The molecule has 1 aromatic rings. The van der Waals surface area contributed by atoms with Crippen LogP contribution < -0.4 is 5.43 Å². The zero-order valence-electron chi connectivity index (χ0n) is 9.05. The first-order valence-electron chi connectivity index (χ1n) is 4.93. The lowest BCUT2D eigenvalue weighted by molar-refractivity contribution is -0.115. The molecule has 0 fully saturated rings. The Morgan fingerprint density at radius 2 is 2.22 bits per heavy atom. The van der Waals surface area contributed by atoms with Crippen LogP contribution in [0.15, 0.2) is 38.8 Å². The number of carbonyl (C=O) groups excluding carboxylic acids is 1. The topological polar surface area (TPSA) is 77.6 Å². The second-order valence-corrected chi connectivity index (χ2v) is 5.17. The number of aliphatic imine (C=N–C) groups is 1. The van der Waals surface area contributed by atoms with Crippen LogP contribution in [0.1, 0.15) is 0 Å². The van der Waals surface area contributed by atoms with Gasteiger partial charge in [0.1, 0.15) is 11.1 Å². The summed E-state index contributed by atoms with van der Waals surface area (Å²) in [4.78, 5) is 14.7. The lowest BCUT2D eigenvalue weighted by Gasteiger charge is -2.01. The lowest BCUT2D eigenvalue weighted by atomic mass is 10.3. The van der Waals surface area contributed by atoms with Gasteiger partial charge in [0, 0.05) is 4.47 Å². The third-order valence-corrected chi connectivity index (χ3v) is 3.49. The number of nitriles is 1. The zero-order valence-corrected chi connectivity index (χ0v) is 11.5. The van der Waals surface area contributed by atoms with Crippen LogP contribution in [-0.4, -0.2) is 22.4 Å². The second-order valence-electron chi connectivity index (χ2n) is 3.29. The van der Waals surface area contributed by atoms with Crippen molar-refractivity contribution in [3.05, 3.63) is 28.7 Å². The maximum atomic E-state index is 11.0. The van der Waals surface area contributed by atoms with Gasteiger partial charge in [0.2, 0.25) is 0 Å². The highest BCUT2D eigenvalue weighted by atomic mass is 79.9. The Bertz CT molecular complexity index is 574. The van der Waals surface area contributed by atoms with Gasteiger partial charge in [-0.15, -0.1) is 0 Å². The number of anilines is 1. The molecule has 7 heteroatoms. The number of benzene rings is 1. The van der Waals surface area contributed by atoms with Crippen molar-refractivity contribution >= 4 is 50.0 Å². The van der Waals surface area contributed by atoms with E-state index in [1.54, 1.807) is 0 Å². The molecule has 0 aliphatic carbocycles. The molecule has 2 rings (SSSR count). The van der Waals surface area contributed by atoms with Gasteiger partial charge < -0.3 is 0 Å². The van der Waals surface area contributed by atoms with E-state index in [-0.39, 0.29) is 17.4 Å². The standard InChI is InChI=1S/C11H7BrN4OS/c12-7-1-3-8(4-2-7)15-16-9(5-13)11-14-10(17)6-18-11/h1-4,15H,6H2/b16-9-. The number of rotatable bonds is 3. The van der Waals surface area contributed by atoms with Crippen LogP contribution in [-0.2, 0) is 4.79 Å². The van der Waals surface area contributed by atoms with Gasteiger partial charge >= 0.3 is 0 Å². The molecular weight excluding hydrogens is 316 g/mol. The Labute approximate surface area is 116 Å². The van der Waals surface area contributed by atoms with Gasteiger partial charge in [-0.05, 0) is 24.3 Å². The molecule has 1 N–H and O–H groups in total. The molecule has 90 valence electrons. The first-order valence-corrected chi connectivity index (χ1v) is 6.71. The van der Waals surface area contributed by atoms with E-state index in [1.165, 1.54) is 11.8 Å². The third kappa shape index (κ3) is 3.18. The number of hydrogen-bond donors (Lipinski definition) is 1. The van der Waals surface area contributed by atoms with Crippen LogP contribution >= 0.6 is 27.7 Å². The Hall–Kier alpha value is -1.65. The molecule has 1 heterocycles.